The molecule has 3 nitrogen and oxygen atoms in total. The van der Waals surface area contributed by atoms with Crippen LogP contribution < -0.4 is 0 Å². The van der Waals surface area contributed by atoms with Gasteiger partial charge >= 0.3 is 0 Å². The number of likely N-dealkylation sites (tertiary alicyclic amines) is 1. The van der Waals surface area contributed by atoms with Gasteiger partial charge in [-0.2, -0.15) is 0 Å². The van der Waals surface area contributed by atoms with E-state index in [1.807, 2.05) is 12.4 Å². The van der Waals surface area contributed by atoms with Crippen LogP contribution in [0.15, 0.2) is 36.7 Å². The fraction of sp³-hybridized carbons (Fsp3) is 0.542. The van der Waals surface area contributed by atoms with Crippen LogP contribution in [0.25, 0.3) is 0 Å². The van der Waals surface area contributed by atoms with Gasteiger partial charge in [-0.3, -0.25) is 9.88 Å². The largest absolute Gasteiger partial charge is 0.507 e. The first kappa shape index (κ1) is 19.9. The van der Waals surface area contributed by atoms with E-state index in [-0.39, 0.29) is 16.9 Å². The smallest absolute Gasteiger partial charge is 0.123 e. The number of hydrogen-bond donors (Lipinski definition) is 1. The minimum atomic E-state index is -0.117. The van der Waals surface area contributed by atoms with Gasteiger partial charge in [0, 0.05) is 12.4 Å². The van der Waals surface area contributed by atoms with Crippen LogP contribution in [0.2, 0.25) is 0 Å². The lowest BCUT2D eigenvalue weighted by Crippen LogP contribution is -2.28. The zero-order valence-corrected chi connectivity index (χ0v) is 17.7. The van der Waals surface area contributed by atoms with E-state index in [1.54, 1.807) is 0 Å². The minimum Gasteiger partial charge on any atom is -0.507 e. The number of pyridine rings is 1. The van der Waals surface area contributed by atoms with Crippen LogP contribution in [-0.2, 0) is 10.8 Å². The SMILES string of the molecule is CC(C)(C)c1cc([C@H](c2ccncc2)N2CCCC2)cc(C(C)(C)C)c1O. The Bertz CT molecular complexity index is 743. The highest BCUT2D eigenvalue weighted by atomic mass is 16.3. The first-order valence-corrected chi connectivity index (χ1v) is 10.1. The van der Waals surface area contributed by atoms with E-state index in [9.17, 15) is 5.11 Å². The second-order valence-electron chi connectivity index (χ2n) is 9.89. The molecule has 0 saturated carbocycles. The maximum Gasteiger partial charge on any atom is 0.123 e. The molecule has 27 heavy (non-hydrogen) atoms. The maximum absolute atomic E-state index is 11.1. The summed E-state index contributed by atoms with van der Waals surface area (Å²) in [5.41, 5.74) is 4.38. The predicted molar refractivity (Wildman–Crippen MR) is 112 cm³/mol. The van der Waals surface area contributed by atoms with Crippen molar-refractivity contribution in [3.63, 3.8) is 0 Å². The quantitative estimate of drug-likeness (QED) is 0.772. The molecule has 1 aromatic heterocycles. The van der Waals surface area contributed by atoms with E-state index in [0.29, 0.717) is 5.75 Å². The Balaban J connectivity index is 2.22. The van der Waals surface area contributed by atoms with Crippen molar-refractivity contribution in [2.75, 3.05) is 13.1 Å². The highest BCUT2D eigenvalue weighted by Crippen LogP contribution is 2.43. The van der Waals surface area contributed by atoms with E-state index in [1.165, 1.54) is 24.0 Å². The van der Waals surface area contributed by atoms with Gasteiger partial charge in [0.25, 0.3) is 0 Å². The Morgan fingerprint density at radius 2 is 1.33 bits per heavy atom. The summed E-state index contributed by atoms with van der Waals surface area (Å²) in [7, 11) is 0. The lowest BCUT2D eigenvalue weighted by molar-refractivity contribution is 0.280. The molecule has 1 fully saturated rings. The summed E-state index contributed by atoms with van der Waals surface area (Å²) in [5.74, 6) is 0.452. The summed E-state index contributed by atoms with van der Waals surface area (Å²) >= 11 is 0. The van der Waals surface area contributed by atoms with Crippen molar-refractivity contribution >= 4 is 0 Å². The average molecular weight is 367 g/mol. The molecule has 0 amide bonds. The molecule has 1 saturated heterocycles. The molecule has 1 aliphatic rings. The van der Waals surface area contributed by atoms with Crippen LogP contribution in [0.1, 0.15) is 82.7 Å². The van der Waals surface area contributed by atoms with E-state index in [0.717, 1.165) is 24.2 Å². The van der Waals surface area contributed by atoms with Crippen LogP contribution in [0.3, 0.4) is 0 Å². The zero-order chi connectivity index (χ0) is 19.8. The van der Waals surface area contributed by atoms with Crippen molar-refractivity contribution in [3.05, 3.63) is 58.9 Å². The van der Waals surface area contributed by atoms with Crippen molar-refractivity contribution in [2.45, 2.75) is 71.3 Å². The van der Waals surface area contributed by atoms with Crippen molar-refractivity contribution in [1.29, 1.82) is 0 Å². The summed E-state index contributed by atoms with van der Waals surface area (Å²) in [6, 6.07) is 8.92. The number of nitrogens with zero attached hydrogens (tertiary/aromatic N) is 2. The number of rotatable bonds is 3. The van der Waals surface area contributed by atoms with Crippen LogP contribution >= 0.6 is 0 Å². The van der Waals surface area contributed by atoms with Crippen molar-refractivity contribution in [1.82, 2.24) is 9.88 Å². The Morgan fingerprint density at radius 1 is 0.852 bits per heavy atom. The van der Waals surface area contributed by atoms with Gasteiger partial charge in [-0.05, 0) is 83.3 Å². The van der Waals surface area contributed by atoms with Gasteiger partial charge < -0.3 is 5.11 Å². The second kappa shape index (κ2) is 7.27. The van der Waals surface area contributed by atoms with Crippen LogP contribution in [0.4, 0.5) is 0 Å². The van der Waals surface area contributed by atoms with Crippen LogP contribution in [0, 0.1) is 0 Å². The summed E-state index contributed by atoms with van der Waals surface area (Å²) in [6.07, 6.45) is 6.26. The van der Waals surface area contributed by atoms with Gasteiger partial charge in [-0.1, -0.05) is 41.5 Å². The molecule has 2 aromatic rings. The summed E-state index contributed by atoms with van der Waals surface area (Å²) in [4.78, 5) is 6.79. The van der Waals surface area contributed by atoms with Gasteiger partial charge in [0.2, 0.25) is 0 Å². The number of phenolic OH excluding ortho intramolecular Hbond substituents is 1. The number of hydrogen-bond acceptors (Lipinski definition) is 3. The van der Waals surface area contributed by atoms with Gasteiger partial charge in [0.1, 0.15) is 5.75 Å². The van der Waals surface area contributed by atoms with Gasteiger partial charge in [-0.15, -0.1) is 0 Å². The predicted octanol–water partition coefficient (Wildman–Crippen LogP) is 5.57. The first-order valence-electron chi connectivity index (χ1n) is 10.1. The first-order chi connectivity index (χ1) is 12.6. The molecule has 0 spiro atoms. The number of aromatic nitrogens is 1. The van der Waals surface area contributed by atoms with Crippen LogP contribution in [-0.4, -0.2) is 28.1 Å². The Labute approximate surface area is 164 Å². The molecule has 1 aromatic carbocycles. The summed E-state index contributed by atoms with van der Waals surface area (Å²) < 4.78 is 0. The third-order valence-corrected chi connectivity index (χ3v) is 5.59. The molecule has 146 valence electrons. The molecular weight excluding hydrogens is 332 g/mol. The van der Waals surface area contributed by atoms with E-state index < -0.39 is 0 Å². The standard InChI is InChI=1S/C24H34N2O/c1-23(2,3)19-15-18(16-20(22(19)27)24(4,5)6)21(26-13-7-8-14-26)17-9-11-25-12-10-17/h9-12,15-16,21,27H,7-8,13-14H2,1-6H3/t21-/m0/s1. The third-order valence-electron chi connectivity index (χ3n) is 5.59. The topological polar surface area (TPSA) is 36.4 Å². The van der Waals surface area contributed by atoms with Crippen LogP contribution in [0.5, 0.6) is 5.75 Å². The van der Waals surface area contributed by atoms with E-state index in [2.05, 4.69) is 75.7 Å². The second-order valence-corrected chi connectivity index (χ2v) is 9.89. The lowest BCUT2D eigenvalue weighted by atomic mass is 9.77. The molecule has 3 rings (SSSR count). The summed E-state index contributed by atoms with van der Waals surface area (Å²) in [6.45, 7) is 15.3. The number of phenols is 1. The maximum atomic E-state index is 11.1. The fourth-order valence-corrected chi connectivity index (χ4v) is 4.12. The van der Waals surface area contributed by atoms with Gasteiger partial charge in [0.15, 0.2) is 0 Å². The normalized spacial score (nSPS) is 17.3. The van der Waals surface area contributed by atoms with Gasteiger partial charge in [-0.25, -0.2) is 0 Å². The van der Waals surface area contributed by atoms with E-state index >= 15 is 0 Å². The molecule has 0 radical (unpaired) electrons. The van der Waals surface area contributed by atoms with Crippen molar-refractivity contribution < 1.29 is 5.11 Å². The van der Waals surface area contributed by atoms with Crippen molar-refractivity contribution in [2.24, 2.45) is 0 Å². The molecule has 1 atom stereocenters. The molecule has 3 heteroatoms. The molecule has 0 unspecified atom stereocenters. The molecule has 0 aliphatic carbocycles. The molecule has 1 N–H and O–H groups in total. The fourth-order valence-electron chi connectivity index (χ4n) is 4.12. The van der Waals surface area contributed by atoms with E-state index in [4.69, 9.17) is 0 Å². The number of aromatic hydroxyl groups is 1. The average Bonchev–Trinajstić information content (AvgIpc) is 3.09. The Hall–Kier alpha value is -1.87. The Kier molecular flexibility index (Phi) is 5.36. The molecule has 0 bridgehead atoms. The molecular formula is C24H34N2O. The lowest BCUT2D eigenvalue weighted by Gasteiger charge is -2.33. The zero-order valence-electron chi connectivity index (χ0n) is 17.7. The highest BCUT2D eigenvalue weighted by molar-refractivity contribution is 5.51. The third kappa shape index (κ3) is 4.19. The Morgan fingerprint density at radius 3 is 1.78 bits per heavy atom. The summed E-state index contributed by atoms with van der Waals surface area (Å²) in [5, 5.41) is 11.1. The highest BCUT2D eigenvalue weighted by Gasteiger charge is 2.31. The molecule has 2 heterocycles. The minimum absolute atomic E-state index is 0.117. The van der Waals surface area contributed by atoms with Crippen molar-refractivity contribution in [3.8, 4) is 5.75 Å². The number of benzene rings is 1. The van der Waals surface area contributed by atoms with Gasteiger partial charge in [0.05, 0.1) is 6.04 Å². The monoisotopic (exact) mass is 366 g/mol. The molecule has 1 aliphatic heterocycles.